The van der Waals surface area contributed by atoms with Crippen LogP contribution in [0.15, 0.2) is 18.2 Å². The summed E-state index contributed by atoms with van der Waals surface area (Å²) >= 11 is 6.00. The van der Waals surface area contributed by atoms with Crippen molar-refractivity contribution in [2.75, 3.05) is 13.1 Å². The summed E-state index contributed by atoms with van der Waals surface area (Å²) in [6.07, 6.45) is 3.17. The van der Waals surface area contributed by atoms with Crippen LogP contribution in [0.1, 0.15) is 29.6 Å². The number of fused-ring (bicyclic) bond motifs is 1. The van der Waals surface area contributed by atoms with E-state index in [1.54, 1.807) is 0 Å². The van der Waals surface area contributed by atoms with Gasteiger partial charge in [0.2, 0.25) is 0 Å². The summed E-state index contributed by atoms with van der Waals surface area (Å²) in [4.78, 5) is 25.0. The summed E-state index contributed by atoms with van der Waals surface area (Å²) < 4.78 is 0. The average Bonchev–Trinajstić information content (AvgIpc) is 3.04. The molecule has 2 aliphatic rings. The normalized spacial score (nSPS) is 24.8. The predicted molar refractivity (Wildman–Crippen MR) is 78.6 cm³/mol. The van der Waals surface area contributed by atoms with Gasteiger partial charge in [-0.2, -0.15) is 0 Å². The molecule has 2 heterocycles. The highest BCUT2D eigenvalue weighted by molar-refractivity contribution is 6.33. The zero-order valence-corrected chi connectivity index (χ0v) is 12.2. The predicted octanol–water partition coefficient (Wildman–Crippen LogP) is 2.21. The average molecular weight is 310 g/mol. The molecule has 2 saturated heterocycles. The number of carbonyl (C=O) groups excluding carboxylic acids is 1. The first-order valence-electron chi connectivity index (χ1n) is 7.05. The van der Waals surface area contributed by atoms with Gasteiger partial charge in [-0.3, -0.25) is 19.8 Å². The van der Waals surface area contributed by atoms with E-state index in [-0.39, 0.29) is 28.2 Å². The maximum atomic E-state index is 12.3. The molecule has 1 aromatic carbocycles. The second kappa shape index (κ2) is 5.61. The van der Waals surface area contributed by atoms with E-state index in [0.717, 1.165) is 32.4 Å². The lowest BCUT2D eigenvalue weighted by molar-refractivity contribution is -0.384. The number of nitro groups is 1. The van der Waals surface area contributed by atoms with E-state index in [2.05, 4.69) is 10.2 Å². The van der Waals surface area contributed by atoms with Gasteiger partial charge in [-0.15, -0.1) is 0 Å². The quantitative estimate of drug-likeness (QED) is 0.686. The number of nitro benzene ring substituents is 1. The van der Waals surface area contributed by atoms with Crippen molar-refractivity contribution < 1.29 is 9.72 Å². The Morgan fingerprint density at radius 2 is 2.19 bits per heavy atom. The first-order valence-corrected chi connectivity index (χ1v) is 7.43. The highest BCUT2D eigenvalue weighted by Gasteiger charge is 2.38. The summed E-state index contributed by atoms with van der Waals surface area (Å²) in [5, 5.41) is 14.0. The van der Waals surface area contributed by atoms with Crippen LogP contribution < -0.4 is 5.32 Å². The van der Waals surface area contributed by atoms with Gasteiger partial charge in [-0.05, 0) is 31.9 Å². The lowest BCUT2D eigenvalue weighted by Gasteiger charge is -2.21. The van der Waals surface area contributed by atoms with Crippen molar-refractivity contribution in [1.29, 1.82) is 0 Å². The van der Waals surface area contributed by atoms with Crippen LogP contribution in [0.5, 0.6) is 0 Å². The molecular formula is C14H16ClN3O3. The Balaban J connectivity index is 1.76. The van der Waals surface area contributed by atoms with Gasteiger partial charge in [0.05, 0.1) is 15.5 Å². The van der Waals surface area contributed by atoms with Crippen LogP contribution in [-0.2, 0) is 0 Å². The molecule has 0 spiro atoms. The summed E-state index contributed by atoms with van der Waals surface area (Å²) in [6, 6.07) is 4.43. The van der Waals surface area contributed by atoms with Crippen LogP contribution in [0.4, 0.5) is 5.69 Å². The van der Waals surface area contributed by atoms with E-state index >= 15 is 0 Å². The zero-order valence-electron chi connectivity index (χ0n) is 11.4. The van der Waals surface area contributed by atoms with Gasteiger partial charge in [-0.1, -0.05) is 11.6 Å². The number of amides is 1. The van der Waals surface area contributed by atoms with E-state index < -0.39 is 4.92 Å². The van der Waals surface area contributed by atoms with Gasteiger partial charge in [0.15, 0.2) is 0 Å². The van der Waals surface area contributed by atoms with Crippen molar-refractivity contribution in [3.05, 3.63) is 38.9 Å². The fraction of sp³-hybridized carbons (Fsp3) is 0.500. The molecule has 0 bridgehead atoms. The van der Waals surface area contributed by atoms with E-state index in [9.17, 15) is 14.9 Å². The Bertz CT molecular complexity index is 593. The van der Waals surface area contributed by atoms with Crippen molar-refractivity contribution in [2.45, 2.75) is 31.3 Å². The molecular weight excluding hydrogens is 294 g/mol. The molecule has 1 aromatic rings. The second-order valence-electron chi connectivity index (χ2n) is 5.54. The monoisotopic (exact) mass is 309 g/mol. The van der Waals surface area contributed by atoms with E-state index in [1.165, 1.54) is 18.2 Å². The molecule has 21 heavy (non-hydrogen) atoms. The van der Waals surface area contributed by atoms with Crippen LogP contribution in [-0.4, -0.2) is 40.9 Å². The summed E-state index contributed by atoms with van der Waals surface area (Å²) in [5.41, 5.74) is 0.0424. The van der Waals surface area contributed by atoms with Crippen molar-refractivity contribution in [3.8, 4) is 0 Å². The van der Waals surface area contributed by atoms with Gasteiger partial charge in [0.1, 0.15) is 0 Å². The third-order valence-corrected chi connectivity index (χ3v) is 4.66. The first kappa shape index (κ1) is 14.3. The van der Waals surface area contributed by atoms with Gasteiger partial charge in [0, 0.05) is 30.8 Å². The molecule has 3 rings (SSSR count). The standard InChI is InChI=1S/C14H16ClN3O3/c15-11-4-3-9(18(20)21)8-10(11)14(19)16-12-5-7-17-6-1-2-13(12)17/h3-4,8,12-13H,1-2,5-7H2,(H,16,19). The molecule has 2 atom stereocenters. The van der Waals surface area contributed by atoms with Crippen molar-refractivity contribution in [3.63, 3.8) is 0 Å². The van der Waals surface area contributed by atoms with Crippen molar-refractivity contribution >= 4 is 23.2 Å². The Morgan fingerprint density at radius 1 is 1.38 bits per heavy atom. The summed E-state index contributed by atoms with van der Waals surface area (Å²) in [5.74, 6) is -0.331. The lowest BCUT2D eigenvalue weighted by Crippen LogP contribution is -2.42. The summed E-state index contributed by atoms with van der Waals surface area (Å²) in [6.45, 7) is 2.09. The van der Waals surface area contributed by atoms with Crippen LogP contribution in [0.3, 0.4) is 0 Å². The molecule has 0 aromatic heterocycles. The van der Waals surface area contributed by atoms with Gasteiger partial charge in [0.25, 0.3) is 11.6 Å². The topological polar surface area (TPSA) is 75.5 Å². The third kappa shape index (κ3) is 2.73. The van der Waals surface area contributed by atoms with Crippen molar-refractivity contribution in [1.82, 2.24) is 10.2 Å². The van der Waals surface area contributed by atoms with E-state index in [1.807, 2.05) is 0 Å². The summed E-state index contributed by atoms with van der Waals surface area (Å²) in [7, 11) is 0. The van der Waals surface area contributed by atoms with Crippen LogP contribution in [0.2, 0.25) is 5.02 Å². The fourth-order valence-electron chi connectivity index (χ4n) is 3.30. The molecule has 7 heteroatoms. The number of nitrogens with one attached hydrogen (secondary N) is 1. The molecule has 6 nitrogen and oxygen atoms in total. The Labute approximate surface area is 127 Å². The molecule has 0 saturated carbocycles. The largest absolute Gasteiger partial charge is 0.348 e. The molecule has 112 valence electrons. The van der Waals surface area contributed by atoms with Crippen molar-refractivity contribution in [2.24, 2.45) is 0 Å². The van der Waals surface area contributed by atoms with E-state index in [4.69, 9.17) is 11.6 Å². The number of hydrogen-bond donors (Lipinski definition) is 1. The third-order valence-electron chi connectivity index (χ3n) is 4.33. The number of hydrogen-bond acceptors (Lipinski definition) is 4. The second-order valence-corrected chi connectivity index (χ2v) is 5.94. The molecule has 0 radical (unpaired) electrons. The minimum atomic E-state index is -0.526. The number of benzene rings is 1. The molecule has 2 unspecified atom stereocenters. The minimum Gasteiger partial charge on any atom is -0.348 e. The number of rotatable bonds is 3. The maximum Gasteiger partial charge on any atom is 0.270 e. The van der Waals surface area contributed by atoms with Crippen LogP contribution in [0.25, 0.3) is 0 Å². The number of non-ortho nitro benzene ring substituents is 1. The molecule has 1 amide bonds. The number of nitrogens with zero attached hydrogens (tertiary/aromatic N) is 2. The van der Waals surface area contributed by atoms with Gasteiger partial charge < -0.3 is 5.32 Å². The molecule has 2 aliphatic heterocycles. The number of halogens is 1. The highest BCUT2D eigenvalue weighted by atomic mass is 35.5. The fourth-order valence-corrected chi connectivity index (χ4v) is 3.50. The molecule has 1 N–H and O–H groups in total. The SMILES string of the molecule is O=C(NC1CCN2CCCC12)c1cc([N+](=O)[O-])ccc1Cl. The lowest BCUT2D eigenvalue weighted by atomic mass is 10.1. The van der Waals surface area contributed by atoms with Crippen LogP contribution >= 0.6 is 11.6 Å². The Hall–Kier alpha value is -1.66. The Morgan fingerprint density at radius 3 is 2.95 bits per heavy atom. The Kier molecular flexibility index (Phi) is 3.82. The molecule has 2 fully saturated rings. The maximum absolute atomic E-state index is 12.3. The highest BCUT2D eigenvalue weighted by Crippen LogP contribution is 2.29. The van der Waals surface area contributed by atoms with E-state index in [0.29, 0.717) is 6.04 Å². The number of carbonyl (C=O) groups is 1. The first-order chi connectivity index (χ1) is 10.1. The van der Waals surface area contributed by atoms with Crippen LogP contribution in [0, 0.1) is 10.1 Å². The minimum absolute atomic E-state index is 0.107. The molecule has 0 aliphatic carbocycles. The smallest absolute Gasteiger partial charge is 0.270 e. The van der Waals surface area contributed by atoms with Gasteiger partial charge >= 0.3 is 0 Å². The van der Waals surface area contributed by atoms with Gasteiger partial charge in [-0.25, -0.2) is 0 Å². The zero-order chi connectivity index (χ0) is 15.0.